The van der Waals surface area contributed by atoms with Gasteiger partial charge >= 0.3 is 0 Å². The van der Waals surface area contributed by atoms with E-state index in [-0.39, 0.29) is 17.5 Å². The van der Waals surface area contributed by atoms with Crippen molar-refractivity contribution in [2.75, 3.05) is 44.0 Å². The molecule has 0 radical (unpaired) electrons. The van der Waals surface area contributed by atoms with Gasteiger partial charge in [0, 0.05) is 18.3 Å². The molecule has 1 aromatic rings. The third kappa shape index (κ3) is 6.24. The second-order valence-corrected chi connectivity index (χ2v) is 9.50. The van der Waals surface area contributed by atoms with Gasteiger partial charge in [-0.25, -0.2) is 8.42 Å². The molecule has 25 heavy (non-hydrogen) atoms. The fourth-order valence-corrected chi connectivity index (χ4v) is 5.14. The normalized spacial score (nSPS) is 19.1. The van der Waals surface area contributed by atoms with Gasteiger partial charge in [0.05, 0.1) is 11.5 Å². The third-order valence-electron chi connectivity index (χ3n) is 4.53. The highest BCUT2D eigenvalue weighted by molar-refractivity contribution is 7.91. The van der Waals surface area contributed by atoms with Crippen LogP contribution in [0.3, 0.4) is 0 Å². The van der Waals surface area contributed by atoms with Crippen molar-refractivity contribution in [2.24, 2.45) is 0 Å². The number of aryl methyl sites for hydroxylation is 1. The van der Waals surface area contributed by atoms with E-state index in [0.29, 0.717) is 11.5 Å². The van der Waals surface area contributed by atoms with Gasteiger partial charge in [0.2, 0.25) is 0 Å². The van der Waals surface area contributed by atoms with Crippen LogP contribution in [-0.2, 0) is 16.3 Å². The van der Waals surface area contributed by atoms with Crippen molar-refractivity contribution in [3.8, 4) is 0 Å². The molecule has 7 heteroatoms. The predicted molar refractivity (Wildman–Crippen MR) is 109 cm³/mol. The number of rotatable bonds is 7. The molecular formula is C18H29N3O2S2. The van der Waals surface area contributed by atoms with Crippen molar-refractivity contribution in [1.82, 2.24) is 9.80 Å². The maximum Gasteiger partial charge on any atom is 0.173 e. The van der Waals surface area contributed by atoms with E-state index in [1.165, 1.54) is 5.56 Å². The molecule has 0 aromatic heterocycles. The maximum atomic E-state index is 11.9. The first-order valence-electron chi connectivity index (χ1n) is 8.82. The number of anilines is 1. The van der Waals surface area contributed by atoms with Gasteiger partial charge in [-0.1, -0.05) is 19.1 Å². The monoisotopic (exact) mass is 383 g/mol. The van der Waals surface area contributed by atoms with Crippen molar-refractivity contribution in [1.29, 1.82) is 0 Å². The minimum atomic E-state index is -2.94. The Morgan fingerprint density at radius 1 is 1.24 bits per heavy atom. The van der Waals surface area contributed by atoms with E-state index in [4.69, 9.17) is 12.2 Å². The van der Waals surface area contributed by atoms with E-state index in [1.54, 1.807) is 0 Å². The molecule has 5 nitrogen and oxygen atoms in total. The summed E-state index contributed by atoms with van der Waals surface area (Å²) in [5.41, 5.74) is 2.22. The first-order chi connectivity index (χ1) is 11.8. The number of nitrogens with zero attached hydrogens (tertiary/aromatic N) is 2. The first-order valence-corrected chi connectivity index (χ1v) is 11.1. The molecule has 0 unspecified atom stereocenters. The summed E-state index contributed by atoms with van der Waals surface area (Å²) in [6.45, 7) is 3.83. The number of nitrogens with one attached hydrogen (secondary N) is 1. The van der Waals surface area contributed by atoms with Crippen molar-refractivity contribution in [3.05, 3.63) is 29.8 Å². The number of thiocarbonyl (C=S) groups is 1. The molecule has 1 aliphatic rings. The summed E-state index contributed by atoms with van der Waals surface area (Å²) in [6.07, 6.45) is 2.60. The summed E-state index contributed by atoms with van der Waals surface area (Å²) in [6, 6.07) is 8.19. The topological polar surface area (TPSA) is 52.6 Å². The second-order valence-electron chi connectivity index (χ2n) is 6.89. The van der Waals surface area contributed by atoms with Crippen LogP contribution in [0.15, 0.2) is 24.3 Å². The Labute approximate surface area is 157 Å². The molecule has 1 N–H and O–H groups in total. The number of hydrogen-bond donors (Lipinski definition) is 1. The predicted octanol–water partition coefficient (Wildman–Crippen LogP) is 2.39. The average Bonchev–Trinajstić information content (AvgIpc) is 2.91. The van der Waals surface area contributed by atoms with E-state index in [0.717, 1.165) is 31.6 Å². The molecule has 1 aliphatic heterocycles. The molecule has 0 spiro atoms. The summed E-state index contributed by atoms with van der Waals surface area (Å²) < 4.78 is 23.8. The van der Waals surface area contributed by atoms with Gasteiger partial charge in [0.25, 0.3) is 0 Å². The zero-order chi connectivity index (χ0) is 18.4. The van der Waals surface area contributed by atoms with Gasteiger partial charge in [-0.15, -0.1) is 0 Å². The van der Waals surface area contributed by atoms with Gasteiger partial charge in [0.1, 0.15) is 0 Å². The highest BCUT2D eigenvalue weighted by atomic mass is 32.2. The Bertz CT molecular complexity index is 672. The van der Waals surface area contributed by atoms with Crippen LogP contribution in [0, 0.1) is 0 Å². The van der Waals surface area contributed by atoms with E-state index in [9.17, 15) is 8.42 Å². The standard InChI is InChI=1S/C18H29N3O2S2/c1-4-15-6-8-16(9-7-15)19-18(24)21(12-5-11-20(2)3)17-10-13-25(22,23)14-17/h6-9,17H,4-5,10-14H2,1-3H3,(H,19,24)/t17-/m1/s1. The first kappa shape index (κ1) is 20.1. The molecule has 2 rings (SSSR count). The Kier molecular flexibility index (Phi) is 7.22. The highest BCUT2D eigenvalue weighted by Gasteiger charge is 2.33. The van der Waals surface area contributed by atoms with Crippen molar-refractivity contribution < 1.29 is 8.42 Å². The number of hydrogen-bond acceptors (Lipinski definition) is 4. The van der Waals surface area contributed by atoms with E-state index < -0.39 is 9.84 Å². The van der Waals surface area contributed by atoms with Gasteiger partial charge in [0.15, 0.2) is 14.9 Å². The maximum absolute atomic E-state index is 11.9. The quantitative estimate of drug-likeness (QED) is 0.730. The Morgan fingerprint density at radius 2 is 1.92 bits per heavy atom. The molecule has 1 fully saturated rings. The lowest BCUT2D eigenvalue weighted by molar-refractivity contribution is 0.306. The molecule has 0 aliphatic carbocycles. The van der Waals surface area contributed by atoms with Crippen molar-refractivity contribution >= 4 is 32.9 Å². The summed E-state index contributed by atoms with van der Waals surface area (Å²) in [7, 11) is 1.14. The van der Waals surface area contributed by atoms with E-state index in [1.807, 2.05) is 26.2 Å². The Balaban J connectivity index is 2.05. The van der Waals surface area contributed by atoms with Crippen LogP contribution in [0.4, 0.5) is 5.69 Å². The van der Waals surface area contributed by atoms with Gasteiger partial charge in [-0.05, 0) is 69.8 Å². The molecule has 0 amide bonds. The van der Waals surface area contributed by atoms with Gasteiger partial charge < -0.3 is 15.1 Å². The average molecular weight is 384 g/mol. The minimum Gasteiger partial charge on any atom is -0.345 e. The zero-order valence-electron chi connectivity index (χ0n) is 15.4. The smallest absolute Gasteiger partial charge is 0.173 e. The lowest BCUT2D eigenvalue weighted by Gasteiger charge is -2.31. The SMILES string of the molecule is CCc1ccc(NC(=S)N(CCCN(C)C)[C@@H]2CCS(=O)(=O)C2)cc1. The van der Waals surface area contributed by atoms with E-state index in [2.05, 4.69) is 34.2 Å². The number of sulfone groups is 1. The van der Waals surface area contributed by atoms with Crippen LogP contribution >= 0.6 is 12.2 Å². The van der Waals surface area contributed by atoms with Crippen LogP contribution in [-0.4, -0.2) is 68.1 Å². The molecular weight excluding hydrogens is 354 g/mol. The lowest BCUT2D eigenvalue weighted by Crippen LogP contribution is -2.44. The third-order valence-corrected chi connectivity index (χ3v) is 6.61. The molecule has 1 aromatic carbocycles. The van der Waals surface area contributed by atoms with Crippen LogP contribution in [0.25, 0.3) is 0 Å². The fourth-order valence-electron chi connectivity index (χ4n) is 3.05. The van der Waals surface area contributed by atoms with Crippen LogP contribution in [0.1, 0.15) is 25.3 Å². The summed E-state index contributed by atoms with van der Waals surface area (Å²) in [5, 5.41) is 3.90. The van der Waals surface area contributed by atoms with Gasteiger partial charge in [-0.3, -0.25) is 0 Å². The van der Waals surface area contributed by atoms with E-state index >= 15 is 0 Å². The molecule has 1 heterocycles. The zero-order valence-corrected chi connectivity index (χ0v) is 17.0. The molecule has 1 saturated heterocycles. The molecule has 1 atom stereocenters. The largest absolute Gasteiger partial charge is 0.345 e. The van der Waals surface area contributed by atoms with Crippen molar-refractivity contribution in [3.63, 3.8) is 0 Å². The molecule has 140 valence electrons. The fraction of sp³-hybridized carbons (Fsp3) is 0.611. The van der Waals surface area contributed by atoms with Crippen molar-refractivity contribution in [2.45, 2.75) is 32.2 Å². The Hall–Kier alpha value is -1.18. The molecule has 0 bridgehead atoms. The second kappa shape index (κ2) is 8.96. The minimum absolute atomic E-state index is 0.0259. The Morgan fingerprint density at radius 3 is 2.44 bits per heavy atom. The van der Waals surface area contributed by atoms with Crippen LogP contribution in [0.2, 0.25) is 0 Å². The number of benzene rings is 1. The molecule has 0 saturated carbocycles. The summed E-state index contributed by atoms with van der Waals surface area (Å²) >= 11 is 5.62. The summed E-state index contributed by atoms with van der Waals surface area (Å²) in [4.78, 5) is 4.20. The highest BCUT2D eigenvalue weighted by Crippen LogP contribution is 2.20. The van der Waals surface area contributed by atoms with Crippen LogP contribution < -0.4 is 5.32 Å². The van der Waals surface area contributed by atoms with Crippen LogP contribution in [0.5, 0.6) is 0 Å². The lowest BCUT2D eigenvalue weighted by atomic mass is 10.1. The summed E-state index contributed by atoms with van der Waals surface area (Å²) in [5.74, 6) is 0.460. The van der Waals surface area contributed by atoms with Gasteiger partial charge in [-0.2, -0.15) is 0 Å².